The Balaban J connectivity index is 4.09. The highest BCUT2D eigenvalue weighted by molar-refractivity contribution is 5.79. The molecule has 0 spiro atoms. The van der Waals surface area contributed by atoms with Crippen LogP contribution in [0.5, 0.6) is 0 Å². The monoisotopic (exact) mass is 228 g/mol. The quantitative estimate of drug-likeness (QED) is 0.637. The average Bonchev–Trinajstić information content (AvgIpc) is 2.28. The second-order valence-corrected chi connectivity index (χ2v) is 4.48. The predicted octanol–water partition coefficient (Wildman–Crippen LogP) is 2.45. The van der Waals surface area contributed by atoms with Gasteiger partial charge in [-0.2, -0.15) is 0 Å². The molecule has 96 valence electrons. The molecule has 0 rings (SSSR count). The number of nitrogens with one attached hydrogen (secondary N) is 1. The maximum atomic E-state index is 11.9. The summed E-state index contributed by atoms with van der Waals surface area (Å²) < 4.78 is 0. The van der Waals surface area contributed by atoms with Crippen LogP contribution in [-0.2, 0) is 4.79 Å². The van der Waals surface area contributed by atoms with E-state index in [1.807, 2.05) is 6.92 Å². The number of amides is 1. The highest BCUT2D eigenvalue weighted by Crippen LogP contribution is 2.09. The van der Waals surface area contributed by atoms with E-state index in [0.29, 0.717) is 12.6 Å². The first-order valence-corrected chi connectivity index (χ1v) is 6.69. The molecule has 0 aromatic carbocycles. The molecule has 0 heterocycles. The third kappa shape index (κ3) is 6.11. The lowest BCUT2D eigenvalue weighted by Gasteiger charge is -2.21. The molecule has 2 unspecified atom stereocenters. The molecule has 0 aliphatic rings. The van der Waals surface area contributed by atoms with Crippen molar-refractivity contribution >= 4 is 5.91 Å². The Labute approximate surface area is 100 Å². The summed E-state index contributed by atoms with van der Waals surface area (Å²) in [5.74, 6) is 0.125. The van der Waals surface area contributed by atoms with Crippen molar-refractivity contribution in [1.29, 1.82) is 0 Å². The number of hydrogen-bond donors (Lipinski definition) is 2. The highest BCUT2D eigenvalue weighted by atomic mass is 16.1. The number of nitrogens with two attached hydrogens (primary N) is 1. The molecule has 0 radical (unpaired) electrons. The Morgan fingerprint density at radius 3 is 2.31 bits per heavy atom. The molecule has 3 nitrogen and oxygen atoms in total. The van der Waals surface area contributed by atoms with Crippen molar-refractivity contribution in [2.75, 3.05) is 6.54 Å². The van der Waals surface area contributed by atoms with E-state index in [1.165, 1.54) is 12.8 Å². The Morgan fingerprint density at radius 1 is 1.19 bits per heavy atom. The van der Waals surface area contributed by atoms with Gasteiger partial charge in [-0.15, -0.1) is 0 Å². The summed E-state index contributed by atoms with van der Waals surface area (Å²) in [5.41, 5.74) is 5.57. The van der Waals surface area contributed by atoms with Crippen molar-refractivity contribution in [3.05, 3.63) is 0 Å². The largest absolute Gasteiger partial charge is 0.353 e. The van der Waals surface area contributed by atoms with Crippen molar-refractivity contribution in [3.8, 4) is 0 Å². The van der Waals surface area contributed by atoms with Crippen LogP contribution in [0.2, 0.25) is 0 Å². The Morgan fingerprint density at radius 2 is 1.88 bits per heavy atom. The van der Waals surface area contributed by atoms with E-state index in [-0.39, 0.29) is 11.8 Å². The number of carbonyl (C=O) groups is 1. The van der Waals surface area contributed by atoms with E-state index in [1.54, 1.807) is 0 Å². The third-order valence-corrected chi connectivity index (χ3v) is 3.04. The van der Waals surface area contributed by atoms with Crippen LogP contribution in [0.3, 0.4) is 0 Å². The lowest BCUT2D eigenvalue weighted by atomic mass is 10.0. The van der Waals surface area contributed by atoms with Gasteiger partial charge in [-0.3, -0.25) is 4.79 Å². The third-order valence-electron chi connectivity index (χ3n) is 3.04. The van der Waals surface area contributed by atoms with Crippen molar-refractivity contribution in [1.82, 2.24) is 5.32 Å². The van der Waals surface area contributed by atoms with Gasteiger partial charge < -0.3 is 11.1 Å². The van der Waals surface area contributed by atoms with E-state index in [0.717, 1.165) is 25.7 Å². The Kier molecular flexibility index (Phi) is 9.30. The molecule has 0 fully saturated rings. The van der Waals surface area contributed by atoms with Gasteiger partial charge in [0.25, 0.3) is 0 Å². The topological polar surface area (TPSA) is 55.1 Å². The van der Waals surface area contributed by atoms with Crippen molar-refractivity contribution < 1.29 is 4.79 Å². The van der Waals surface area contributed by atoms with E-state index in [2.05, 4.69) is 19.2 Å². The maximum absolute atomic E-state index is 11.9. The fraction of sp³-hybridized carbons (Fsp3) is 0.923. The minimum Gasteiger partial charge on any atom is -0.353 e. The van der Waals surface area contributed by atoms with Crippen LogP contribution in [0.1, 0.15) is 59.3 Å². The van der Waals surface area contributed by atoms with Gasteiger partial charge in [0, 0.05) is 18.5 Å². The molecule has 0 aromatic rings. The van der Waals surface area contributed by atoms with E-state index >= 15 is 0 Å². The molecular formula is C13H28N2O. The van der Waals surface area contributed by atoms with Gasteiger partial charge in [0.2, 0.25) is 5.91 Å². The van der Waals surface area contributed by atoms with E-state index in [9.17, 15) is 4.79 Å². The molecular weight excluding hydrogens is 200 g/mol. The van der Waals surface area contributed by atoms with E-state index < -0.39 is 0 Å². The molecule has 0 aromatic heterocycles. The summed E-state index contributed by atoms with van der Waals surface area (Å²) in [6, 6.07) is 0.345. The van der Waals surface area contributed by atoms with Crippen LogP contribution in [0, 0.1) is 5.92 Å². The first-order chi connectivity index (χ1) is 7.69. The maximum Gasteiger partial charge on any atom is 0.224 e. The first-order valence-electron chi connectivity index (χ1n) is 6.69. The van der Waals surface area contributed by atoms with Crippen LogP contribution in [0.25, 0.3) is 0 Å². The summed E-state index contributed by atoms with van der Waals surface area (Å²) in [6.45, 7) is 6.80. The van der Waals surface area contributed by atoms with Crippen molar-refractivity contribution in [2.45, 2.75) is 65.3 Å². The summed E-state index contributed by atoms with van der Waals surface area (Å²) in [4.78, 5) is 11.9. The molecule has 0 bridgehead atoms. The van der Waals surface area contributed by atoms with Crippen LogP contribution in [-0.4, -0.2) is 18.5 Å². The minimum atomic E-state index is -0.0130. The van der Waals surface area contributed by atoms with Crippen molar-refractivity contribution in [2.24, 2.45) is 11.7 Å². The standard InChI is InChI=1S/C13H28N2O/c1-4-7-9-12(8-5-2)15-13(16)11(6-3)10-14/h11-12H,4-10,14H2,1-3H3,(H,15,16). The summed E-state index contributed by atoms with van der Waals surface area (Å²) in [5, 5.41) is 3.14. The number of carbonyl (C=O) groups excluding carboxylic acids is 1. The predicted molar refractivity (Wildman–Crippen MR) is 69.2 cm³/mol. The summed E-state index contributed by atoms with van der Waals surface area (Å²) in [6.07, 6.45) is 6.49. The lowest BCUT2D eigenvalue weighted by Crippen LogP contribution is -2.41. The zero-order valence-electron chi connectivity index (χ0n) is 11.1. The molecule has 0 saturated carbocycles. The number of unbranched alkanes of at least 4 members (excludes halogenated alkanes) is 1. The Bertz CT molecular complexity index is 179. The van der Waals surface area contributed by atoms with Gasteiger partial charge in [0.15, 0.2) is 0 Å². The molecule has 0 aliphatic carbocycles. The van der Waals surface area contributed by atoms with Crippen LogP contribution in [0.4, 0.5) is 0 Å². The summed E-state index contributed by atoms with van der Waals surface area (Å²) >= 11 is 0. The molecule has 3 heteroatoms. The van der Waals surface area contributed by atoms with Gasteiger partial charge >= 0.3 is 0 Å². The fourth-order valence-electron chi connectivity index (χ4n) is 1.87. The van der Waals surface area contributed by atoms with Gasteiger partial charge in [-0.25, -0.2) is 0 Å². The second kappa shape index (κ2) is 9.64. The van der Waals surface area contributed by atoms with Crippen molar-refractivity contribution in [3.63, 3.8) is 0 Å². The number of rotatable bonds is 9. The lowest BCUT2D eigenvalue weighted by molar-refractivity contribution is -0.125. The highest BCUT2D eigenvalue weighted by Gasteiger charge is 2.17. The summed E-state index contributed by atoms with van der Waals surface area (Å²) in [7, 11) is 0. The van der Waals surface area contributed by atoms with E-state index in [4.69, 9.17) is 5.73 Å². The molecule has 16 heavy (non-hydrogen) atoms. The Hall–Kier alpha value is -0.570. The van der Waals surface area contributed by atoms with Gasteiger partial charge in [-0.05, 0) is 19.3 Å². The molecule has 0 saturated heterocycles. The zero-order chi connectivity index (χ0) is 12.4. The normalized spacial score (nSPS) is 14.5. The molecule has 3 N–H and O–H groups in total. The molecule has 1 amide bonds. The van der Waals surface area contributed by atoms with Gasteiger partial charge in [0.05, 0.1) is 0 Å². The van der Waals surface area contributed by atoms with Crippen LogP contribution < -0.4 is 11.1 Å². The SMILES string of the molecule is CCCCC(CCC)NC(=O)C(CC)CN. The van der Waals surface area contributed by atoms with Gasteiger partial charge in [-0.1, -0.05) is 40.0 Å². The molecule has 2 atom stereocenters. The zero-order valence-corrected chi connectivity index (χ0v) is 11.1. The van der Waals surface area contributed by atoms with Crippen LogP contribution >= 0.6 is 0 Å². The second-order valence-electron chi connectivity index (χ2n) is 4.48. The minimum absolute atomic E-state index is 0.0130. The molecule has 0 aliphatic heterocycles. The van der Waals surface area contributed by atoms with Crippen LogP contribution in [0.15, 0.2) is 0 Å². The van der Waals surface area contributed by atoms with Gasteiger partial charge in [0.1, 0.15) is 0 Å². The smallest absolute Gasteiger partial charge is 0.224 e. The average molecular weight is 228 g/mol. The fourth-order valence-corrected chi connectivity index (χ4v) is 1.87. The first kappa shape index (κ1) is 15.4. The number of hydrogen-bond acceptors (Lipinski definition) is 2.